The third-order valence-electron chi connectivity index (χ3n) is 6.99. The average molecular weight is 506 g/mol. The lowest BCUT2D eigenvalue weighted by molar-refractivity contribution is 0.0929. The maximum Gasteiger partial charge on any atom is 0.255 e. The average Bonchev–Trinajstić information content (AvgIpc) is 3.64. The third kappa shape index (κ3) is 4.22. The summed E-state index contributed by atoms with van der Waals surface area (Å²) in [4.78, 5) is 30.5. The fourth-order valence-electron chi connectivity index (χ4n) is 4.79. The quantitative estimate of drug-likeness (QED) is 0.293. The summed E-state index contributed by atoms with van der Waals surface area (Å²) in [6.45, 7) is 0. The predicted molar refractivity (Wildman–Crippen MR) is 143 cm³/mol. The SMILES string of the molecule is CNC(=O)c1c(-c2ccc(F)cc2)oc2ncc(-c3cccc(C(=O)NC4(c5ccccc5)CC4)c3)cc12. The second kappa shape index (κ2) is 9.27. The first-order valence-corrected chi connectivity index (χ1v) is 12.4. The molecule has 2 amide bonds. The number of carbonyl (C=O) groups excluding carboxylic acids is 2. The number of halogens is 1. The fourth-order valence-corrected chi connectivity index (χ4v) is 4.79. The molecule has 1 aliphatic carbocycles. The molecular weight excluding hydrogens is 481 g/mol. The van der Waals surface area contributed by atoms with Crippen LogP contribution in [0, 0.1) is 5.82 Å². The van der Waals surface area contributed by atoms with Gasteiger partial charge in [0.05, 0.1) is 16.5 Å². The molecule has 3 aromatic carbocycles. The Balaban J connectivity index is 1.35. The number of nitrogens with one attached hydrogen (secondary N) is 2. The number of aromatic nitrogens is 1. The van der Waals surface area contributed by atoms with Gasteiger partial charge in [0.15, 0.2) is 0 Å². The Hall–Kier alpha value is -4.78. The summed E-state index contributed by atoms with van der Waals surface area (Å²) in [5.41, 5.74) is 4.01. The van der Waals surface area contributed by atoms with Gasteiger partial charge in [0, 0.05) is 29.9 Å². The minimum absolute atomic E-state index is 0.143. The van der Waals surface area contributed by atoms with Crippen molar-refractivity contribution in [2.24, 2.45) is 0 Å². The standard InChI is InChI=1S/C31H24FN3O3/c1-33-29(37)26-25-17-22(18-34-30(25)38-27(26)19-10-12-24(32)13-11-19)20-6-5-7-21(16-20)28(36)35-31(14-15-31)23-8-3-2-4-9-23/h2-13,16-18H,14-15H2,1H3,(H,33,37)(H,35,36). The first-order chi connectivity index (χ1) is 18.5. The number of benzene rings is 3. The van der Waals surface area contributed by atoms with Crippen LogP contribution in [0.4, 0.5) is 4.39 Å². The molecule has 1 saturated carbocycles. The van der Waals surface area contributed by atoms with E-state index >= 15 is 0 Å². The van der Waals surface area contributed by atoms with Crippen molar-refractivity contribution in [1.29, 1.82) is 0 Å². The number of hydrogen-bond donors (Lipinski definition) is 2. The summed E-state index contributed by atoms with van der Waals surface area (Å²) in [5, 5.41) is 6.39. The van der Waals surface area contributed by atoms with Gasteiger partial charge in [-0.2, -0.15) is 0 Å². The number of rotatable bonds is 6. The van der Waals surface area contributed by atoms with Gasteiger partial charge < -0.3 is 15.1 Å². The maximum atomic E-state index is 13.5. The van der Waals surface area contributed by atoms with E-state index in [0.29, 0.717) is 33.6 Å². The summed E-state index contributed by atoms with van der Waals surface area (Å²) >= 11 is 0. The summed E-state index contributed by atoms with van der Waals surface area (Å²) in [6.07, 6.45) is 3.46. The van der Waals surface area contributed by atoms with Crippen molar-refractivity contribution in [3.63, 3.8) is 0 Å². The summed E-state index contributed by atoms with van der Waals surface area (Å²) in [6, 6.07) is 24.9. The molecular formula is C31H24FN3O3. The molecule has 0 unspecified atom stereocenters. The Morgan fingerprint density at radius 3 is 2.34 bits per heavy atom. The number of carbonyl (C=O) groups is 2. The van der Waals surface area contributed by atoms with Crippen LogP contribution in [0.1, 0.15) is 39.1 Å². The fraction of sp³-hybridized carbons (Fsp3) is 0.129. The number of amides is 2. The molecule has 6 nitrogen and oxygen atoms in total. The Morgan fingerprint density at radius 2 is 1.63 bits per heavy atom. The zero-order valence-electron chi connectivity index (χ0n) is 20.6. The van der Waals surface area contributed by atoms with Crippen molar-refractivity contribution in [3.8, 4) is 22.5 Å². The van der Waals surface area contributed by atoms with Gasteiger partial charge in [-0.25, -0.2) is 9.37 Å². The van der Waals surface area contributed by atoms with Crippen LogP contribution < -0.4 is 10.6 Å². The molecule has 6 rings (SSSR count). The molecule has 2 N–H and O–H groups in total. The number of hydrogen-bond acceptors (Lipinski definition) is 4. The lowest BCUT2D eigenvalue weighted by Crippen LogP contribution is -2.34. The topological polar surface area (TPSA) is 84.2 Å². The van der Waals surface area contributed by atoms with Gasteiger partial charge in [0.25, 0.3) is 11.8 Å². The van der Waals surface area contributed by atoms with Crippen LogP contribution in [0.2, 0.25) is 0 Å². The summed E-state index contributed by atoms with van der Waals surface area (Å²) in [7, 11) is 1.54. The van der Waals surface area contributed by atoms with Crippen molar-refractivity contribution in [2.75, 3.05) is 7.05 Å². The monoisotopic (exact) mass is 505 g/mol. The molecule has 1 fully saturated rings. The highest BCUT2D eigenvalue weighted by atomic mass is 19.1. The van der Waals surface area contributed by atoms with Crippen molar-refractivity contribution in [2.45, 2.75) is 18.4 Å². The molecule has 7 heteroatoms. The van der Waals surface area contributed by atoms with Gasteiger partial charge >= 0.3 is 0 Å². The van der Waals surface area contributed by atoms with Crippen LogP contribution in [0.25, 0.3) is 33.6 Å². The second-order valence-electron chi connectivity index (χ2n) is 9.45. The maximum absolute atomic E-state index is 13.5. The van der Waals surface area contributed by atoms with Crippen LogP contribution in [-0.2, 0) is 5.54 Å². The van der Waals surface area contributed by atoms with Crippen molar-refractivity contribution >= 4 is 22.9 Å². The molecule has 0 radical (unpaired) electrons. The Morgan fingerprint density at radius 1 is 0.868 bits per heavy atom. The zero-order valence-corrected chi connectivity index (χ0v) is 20.6. The highest BCUT2D eigenvalue weighted by Gasteiger charge is 2.45. The van der Waals surface area contributed by atoms with E-state index in [9.17, 15) is 14.0 Å². The van der Waals surface area contributed by atoms with Crippen LogP contribution in [0.3, 0.4) is 0 Å². The van der Waals surface area contributed by atoms with E-state index in [2.05, 4.69) is 15.6 Å². The van der Waals surface area contributed by atoms with E-state index < -0.39 is 0 Å². The molecule has 0 aliphatic heterocycles. The molecule has 0 bridgehead atoms. The number of furan rings is 1. The van der Waals surface area contributed by atoms with E-state index in [4.69, 9.17) is 4.42 Å². The highest BCUT2D eigenvalue weighted by Crippen LogP contribution is 2.45. The van der Waals surface area contributed by atoms with Crippen molar-refractivity contribution in [1.82, 2.24) is 15.6 Å². The molecule has 0 spiro atoms. The molecule has 2 aromatic heterocycles. The van der Waals surface area contributed by atoms with Gasteiger partial charge in [-0.3, -0.25) is 9.59 Å². The Labute approximate surface area is 218 Å². The van der Waals surface area contributed by atoms with Crippen molar-refractivity contribution in [3.05, 3.63) is 114 Å². The normalized spacial score (nSPS) is 13.7. The Bertz CT molecular complexity index is 1670. The van der Waals surface area contributed by atoms with Gasteiger partial charge in [0.2, 0.25) is 5.71 Å². The number of fused-ring (bicyclic) bond motifs is 1. The molecule has 188 valence electrons. The van der Waals surface area contributed by atoms with E-state index in [1.807, 2.05) is 54.6 Å². The van der Waals surface area contributed by atoms with Crippen LogP contribution in [0.5, 0.6) is 0 Å². The lowest BCUT2D eigenvalue weighted by Gasteiger charge is -2.18. The van der Waals surface area contributed by atoms with Gasteiger partial charge in [-0.15, -0.1) is 0 Å². The van der Waals surface area contributed by atoms with E-state index in [1.165, 1.54) is 19.2 Å². The summed E-state index contributed by atoms with van der Waals surface area (Å²) in [5.74, 6) is -0.555. The number of pyridine rings is 1. The van der Waals surface area contributed by atoms with E-state index in [0.717, 1.165) is 29.5 Å². The number of nitrogens with zero attached hydrogens (tertiary/aromatic N) is 1. The van der Waals surface area contributed by atoms with Crippen LogP contribution in [0.15, 0.2) is 95.5 Å². The third-order valence-corrected chi connectivity index (χ3v) is 6.99. The first-order valence-electron chi connectivity index (χ1n) is 12.4. The van der Waals surface area contributed by atoms with Crippen molar-refractivity contribution < 1.29 is 18.4 Å². The first kappa shape index (κ1) is 23.6. The zero-order chi connectivity index (χ0) is 26.3. The molecule has 2 heterocycles. The molecule has 0 saturated heterocycles. The minimum atomic E-state index is -0.382. The van der Waals surface area contributed by atoms with E-state index in [-0.39, 0.29) is 23.2 Å². The second-order valence-corrected chi connectivity index (χ2v) is 9.45. The molecule has 5 aromatic rings. The lowest BCUT2D eigenvalue weighted by atomic mass is 10.0. The molecule has 1 aliphatic rings. The largest absolute Gasteiger partial charge is 0.437 e. The minimum Gasteiger partial charge on any atom is -0.437 e. The van der Waals surface area contributed by atoms with Crippen LogP contribution in [-0.4, -0.2) is 23.8 Å². The van der Waals surface area contributed by atoms with E-state index in [1.54, 1.807) is 24.4 Å². The molecule has 0 atom stereocenters. The summed E-state index contributed by atoms with van der Waals surface area (Å²) < 4.78 is 19.4. The van der Waals surface area contributed by atoms with Gasteiger partial charge in [-0.1, -0.05) is 42.5 Å². The highest BCUT2D eigenvalue weighted by molar-refractivity contribution is 6.11. The van der Waals surface area contributed by atoms with Gasteiger partial charge in [-0.05, 0) is 66.4 Å². The Kier molecular flexibility index (Phi) is 5.76. The smallest absolute Gasteiger partial charge is 0.255 e. The van der Waals surface area contributed by atoms with Gasteiger partial charge in [0.1, 0.15) is 11.6 Å². The van der Waals surface area contributed by atoms with Crippen LogP contribution >= 0.6 is 0 Å². The predicted octanol–water partition coefficient (Wildman–Crippen LogP) is 6.08. The molecule has 38 heavy (non-hydrogen) atoms.